The lowest BCUT2D eigenvalue weighted by molar-refractivity contribution is 0.576. The van der Waals surface area contributed by atoms with Gasteiger partial charge in [0, 0.05) is 24.2 Å². The molecule has 19 heavy (non-hydrogen) atoms. The van der Waals surface area contributed by atoms with Crippen LogP contribution >= 0.6 is 11.3 Å². The second-order valence-corrected chi connectivity index (χ2v) is 4.84. The summed E-state index contributed by atoms with van der Waals surface area (Å²) < 4.78 is 27.1. The van der Waals surface area contributed by atoms with Crippen LogP contribution in [0.2, 0.25) is 0 Å². The highest BCUT2D eigenvalue weighted by Gasteiger charge is 2.15. The van der Waals surface area contributed by atoms with E-state index in [2.05, 4.69) is 20.6 Å². The van der Waals surface area contributed by atoms with Gasteiger partial charge < -0.3 is 10.6 Å². The smallest absolute Gasteiger partial charge is 0.168 e. The first kappa shape index (κ1) is 13.7. The summed E-state index contributed by atoms with van der Waals surface area (Å²) in [6, 6.07) is 0.629. The maximum Gasteiger partial charge on any atom is 0.168 e. The van der Waals surface area contributed by atoms with Crippen molar-refractivity contribution in [3.8, 4) is 0 Å². The molecule has 0 aliphatic rings. The number of pyridine rings is 1. The van der Waals surface area contributed by atoms with E-state index in [1.165, 1.54) is 11.3 Å². The summed E-state index contributed by atoms with van der Waals surface area (Å²) in [5.74, 6) is -1.37. The second kappa shape index (κ2) is 5.92. The highest BCUT2D eigenvalue weighted by Crippen LogP contribution is 2.24. The minimum atomic E-state index is -0.720. The third-order valence-corrected chi connectivity index (χ3v) is 3.41. The predicted octanol–water partition coefficient (Wildman–Crippen LogP) is 3.42. The third kappa shape index (κ3) is 3.17. The summed E-state index contributed by atoms with van der Waals surface area (Å²) in [6.45, 7) is 4.17. The Morgan fingerprint density at radius 3 is 2.68 bits per heavy atom. The predicted molar refractivity (Wildman–Crippen MR) is 72.5 cm³/mol. The lowest BCUT2D eigenvalue weighted by Gasteiger charge is -2.14. The second-order valence-electron chi connectivity index (χ2n) is 3.92. The van der Waals surface area contributed by atoms with Gasteiger partial charge in [-0.05, 0) is 13.8 Å². The molecule has 2 rings (SSSR count). The van der Waals surface area contributed by atoms with Crippen LogP contribution in [0.25, 0.3) is 0 Å². The molecule has 2 aromatic rings. The lowest BCUT2D eigenvalue weighted by atomic mass is 10.3. The van der Waals surface area contributed by atoms with Crippen LogP contribution in [0, 0.1) is 11.6 Å². The first-order valence-electron chi connectivity index (χ1n) is 5.87. The van der Waals surface area contributed by atoms with Crippen molar-refractivity contribution in [2.45, 2.75) is 19.9 Å². The molecule has 4 nitrogen and oxygen atoms in total. The number of aromatic nitrogens is 2. The molecule has 0 saturated carbocycles. The number of nitrogens with one attached hydrogen (secondary N) is 2. The molecule has 0 radical (unpaired) electrons. The fraction of sp³-hybridized carbons (Fsp3) is 0.333. The Balaban J connectivity index is 2.22. The van der Waals surface area contributed by atoms with Crippen molar-refractivity contribution in [2.24, 2.45) is 0 Å². The lowest BCUT2D eigenvalue weighted by Crippen LogP contribution is -2.12. The van der Waals surface area contributed by atoms with Crippen LogP contribution in [0.4, 0.5) is 20.4 Å². The van der Waals surface area contributed by atoms with E-state index in [1.54, 1.807) is 6.20 Å². The number of hydrogen-bond acceptors (Lipinski definition) is 5. The first-order chi connectivity index (χ1) is 9.11. The van der Waals surface area contributed by atoms with Gasteiger partial charge >= 0.3 is 0 Å². The van der Waals surface area contributed by atoms with E-state index in [1.807, 2.05) is 19.2 Å². The van der Waals surface area contributed by atoms with E-state index < -0.39 is 11.6 Å². The van der Waals surface area contributed by atoms with Gasteiger partial charge in [0.2, 0.25) is 0 Å². The number of rotatable bonds is 5. The third-order valence-electron chi connectivity index (χ3n) is 2.45. The van der Waals surface area contributed by atoms with Crippen LogP contribution in [-0.2, 0) is 0 Å². The maximum absolute atomic E-state index is 13.7. The molecule has 102 valence electrons. The van der Waals surface area contributed by atoms with Crippen molar-refractivity contribution >= 4 is 23.0 Å². The summed E-state index contributed by atoms with van der Waals surface area (Å²) >= 11 is 1.46. The van der Waals surface area contributed by atoms with Crippen molar-refractivity contribution in [1.82, 2.24) is 9.97 Å². The van der Waals surface area contributed by atoms with Gasteiger partial charge in [0.1, 0.15) is 5.01 Å². The molecule has 2 aromatic heterocycles. The summed E-state index contributed by atoms with van der Waals surface area (Å²) in [6.07, 6.45) is 1.68. The fourth-order valence-electron chi connectivity index (χ4n) is 1.57. The van der Waals surface area contributed by atoms with Crippen molar-refractivity contribution < 1.29 is 8.78 Å². The van der Waals surface area contributed by atoms with E-state index >= 15 is 0 Å². The van der Waals surface area contributed by atoms with Gasteiger partial charge in [-0.2, -0.15) is 0 Å². The Labute approximate surface area is 113 Å². The number of hydrogen-bond donors (Lipinski definition) is 2. The average molecular weight is 284 g/mol. The SMILES string of the molecule is CCNc1nc(NC(C)c2nccs2)c(F)cc1F. The summed E-state index contributed by atoms with van der Waals surface area (Å²) in [4.78, 5) is 8.05. The summed E-state index contributed by atoms with van der Waals surface area (Å²) in [7, 11) is 0. The van der Waals surface area contributed by atoms with Gasteiger partial charge in [0.15, 0.2) is 23.3 Å². The molecule has 2 N–H and O–H groups in total. The molecule has 0 spiro atoms. The Kier molecular flexibility index (Phi) is 4.26. The molecule has 0 saturated heterocycles. The van der Waals surface area contributed by atoms with Crippen LogP contribution in [0.3, 0.4) is 0 Å². The van der Waals surface area contributed by atoms with Crippen molar-refractivity contribution in [3.63, 3.8) is 0 Å². The average Bonchev–Trinajstić information content (AvgIpc) is 2.89. The van der Waals surface area contributed by atoms with Crippen LogP contribution < -0.4 is 10.6 Å². The largest absolute Gasteiger partial charge is 0.368 e. The molecule has 0 aliphatic carbocycles. The number of thiazole rings is 1. The van der Waals surface area contributed by atoms with Gasteiger partial charge in [0.25, 0.3) is 0 Å². The molecular formula is C12H14F2N4S. The molecule has 1 unspecified atom stereocenters. The number of halogens is 2. The standard InChI is InChI=1S/C12H14F2N4S/c1-3-15-10-8(13)6-9(14)11(18-10)17-7(2)12-16-4-5-19-12/h4-7H,3H2,1-2H3,(H2,15,17,18). The van der Waals surface area contributed by atoms with Gasteiger partial charge in [-0.3, -0.25) is 0 Å². The Morgan fingerprint density at radius 2 is 2.05 bits per heavy atom. The molecule has 0 bridgehead atoms. The summed E-state index contributed by atoms with van der Waals surface area (Å²) in [5.41, 5.74) is 0. The minimum Gasteiger partial charge on any atom is -0.368 e. The van der Waals surface area contributed by atoms with Gasteiger partial charge in [-0.15, -0.1) is 11.3 Å². The summed E-state index contributed by atoms with van der Waals surface area (Å²) in [5, 5.41) is 8.29. The van der Waals surface area contributed by atoms with Crippen LogP contribution in [0.15, 0.2) is 17.6 Å². The molecule has 0 fully saturated rings. The fourth-order valence-corrected chi connectivity index (χ4v) is 2.22. The van der Waals surface area contributed by atoms with Crippen LogP contribution in [0.1, 0.15) is 24.9 Å². The van der Waals surface area contributed by atoms with Gasteiger partial charge in [-0.25, -0.2) is 18.7 Å². The van der Waals surface area contributed by atoms with E-state index in [0.717, 1.165) is 11.1 Å². The highest BCUT2D eigenvalue weighted by atomic mass is 32.1. The number of nitrogens with zero attached hydrogens (tertiary/aromatic N) is 2. The van der Waals surface area contributed by atoms with E-state index in [4.69, 9.17) is 0 Å². The molecular weight excluding hydrogens is 270 g/mol. The maximum atomic E-state index is 13.7. The molecule has 7 heteroatoms. The zero-order valence-electron chi connectivity index (χ0n) is 10.6. The number of anilines is 2. The monoisotopic (exact) mass is 284 g/mol. The Morgan fingerprint density at radius 1 is 1.32 bits per heavy atom. The minimum absolute atomic E-state index is 0.0139. The van der Waals surface area contributed by atoms with E-state index in [-0.39, 0.29) is 17.7 Å². The van der Waals surface area contributed by atoms with Crippen LogP contribution in [-0.4, -0.2) is 16.5 Å². The zero-order chi connectivity index (χ0) is 13.8. The molecule has 0 amide bonds. The molecule has 2 heterocycles. The van der Waals surface area contributed by atoms with Crippen LogP contribution in [0.5, 0.6) is 0 Å². The Bertz CT molecular complexity index is 545. The highest BCUT2D eigenvalue weighted by molar-refractivity contribution is 7.09. The van der Waals surface area contributed by atoms with Gasteiger partial charge in [0.05, 0.1) is 6.04 Å². The topological polar surface area (TPSA) is 49.8 Å². The quantitative estimate of drug-likeness (QED) is 0.883. The Hall–Kier alpha value is -1.76. The molecule has 0 aliphatic heterocycles. The zero-order valence-corrected chi connectivity index (χ0v) is 11.4. The molecule has 0 aromatic carbocycles. The normalized spacial score (nSPS) is 12.2. The van der Waals surface area contributed by atoms with Crippen molar-refractivity contribution in [1.29, 1.82) is 0 Å². The van der Waals surface area contributed by atoms with Gasteiger partial charge in [-0.1, -0.05) is 0 Å². The van der Waals surface area contributed by atoms with E-state index in [9.17, 15) is 8.78 Å². The molecule has 1 atom stereocenters. The van der Waals surface area contributed by atoms with Crippen molar-refractivity contribution in [2.75, 3.05) is 17.2 Å². The van der Waals surface area contributed by atoms with E-state index in [0.29, 0.717) is 6.54 Å². The first-order valence-corrected chi connectivity index (χ1v) is 6.75. The van der Waals surface area contributed by atoms with Crippen molar-refractivity contribution in [3.05, 3.63) is 34.3 Å².